The zero-order chi connectivity index (χ0) is 10.4. The van der Waals surface area contributed by atoms with Crippen molar-refractivity contribution in [1.29, 1.82) is 0 Å². The lowest BCUT2D eigenvalue weighted by Crippen LogP contribution is -2.42. The molecule has 0 radical (unpaired) electrons. The molecule has 0 saturated carbocycles. The van der Waals surface area contributed by atoms with Crippen molar-refractivity contribution < 1.29 is 30.6 Å². The summed E-state index contributed by atoms with van der Waals surface area (Å²) in [6.45, 7) is -0.847. The molecule has 0 rings (SSSR count). The van der Waals surface area contributed by atoms with E-state index in [0.717, 1.165) is 4.90 Å². The normalized spacial score (nSPS) is 12.5. The molecule has 6 N–H and O–H groups in total. The Morgan fingerprint density at radius 3 is 1.00 bits per heavy atom. The van der Waals surface area contributed by atoms with Crippen LogP contribution in [0.1, 0.15) is 0 Å². The van der Waals surface area contributed by atoms with Crippen LogP contribution in [0.5, 0.6) is 0 Å². The van der Waals surface area contributed by atoms with Gasteiger partial charge in [-0.15, -0.1) is 0 Å². The summed E-state index contributed by atoms with van der Waals surface area (Å²) in [5, 5.41) is 51.2. The van der Waals surface area contributed by atoms with E-state index in [1.165, 1.54) is 0 Å². The lowest BCUT2D eigenvalue weighted by atomic mass is 10.4. The fourth-order valence-electron chi connectivity index (χ4n) is 0.916. The molecule has 0 amide bonds. The topological polar surface area (TPSA) is 125 Å². The van der Waals surface area contributed by atoms with Crippen molar-refractivity contribution in [2.24, 2.45) is 0 Å². The second-order valence-corrected chi connectivity index (χ2v) is 2.66. The summed E-state index contributed by atoms with van der Waals surface area (Å²) in [4.78, 5) is 1.10. The summed E-state index contributed by atoms with van der Waals surface area (Å²) in [6, 6.07) is 0. The van der Waals surface area contributed by atoms with Crippen molar-refractivity contribution in [2.45, 2.75) is 18.9 Å². The summed E-state index contributed by atoms with van der Waals surface area (Å²) in [6.07, 6.45) is -4.97. The van der Waals surface area contributed by atoms with Gasteiger partial charge in [-0.3, -0.25) is 4.90 Å². The van der Waals surface area contributed by atoms with E-state index in [2.05, 4.69) is 0 Å². The van der Waals surface area contributed by atoms with E-state index >= 15 is 0 Å². The van der Waals surface area contributed by atoms with Gasteiger partial charge in [-0.1, -0.05) is 0 Å². The molecule has 0 aromatic rings. The molecule has 0 unspecified atom stereocenters. The third-order valence-electron chi connectivity index (χ3n) is 1.26. The number of hydrogen-bond acceptors (Lipinski definition) is 7. The van der Waals surface area contributed by atoms with E-state index in [4.69, 9.17) is 30.6 Å². The molecule has 0 heterocycles. The van der Waals surface area contributed by atoms with Crippen LogP contribution in [0.3, 0.4) is 0 Å². The predicted octanol–water partition coefficient (Wildman–Crippen LogP) is -3.78. The molecule has 0 spiro atoms. The van der Waals surface area contributed by atoms with Crippen LogP contribution in [0.4, 0.5) is 0 Å². The maximum atomic E-state index is 8.54. The molecule has 0 fully saturated rings. The zero-order valence-corrected chi connectivity index (χ0v) is 6.98. The Balaban J connectivity index is 3.87. The van der Waals surface area contributed by atoms with E-state index < -0.39 is 18.9 Å². The summed E-state index contributed by atoms with van der Waals surface area (Å²) < 4.78 is 0. The van der Waals surface area contributed by atoms with Crippen molar-refractivity contribution in [1.82, 2.24) is 4.90 Å². The molecular formula is C6H15NO6. The van der Waals surface area contributed by atoms with Gasteiger partial charge in [-0.25, -0.2) is 0 Å². The molecule has 0 aromatic carbocycles. The van der Waals surface area contributed by atoms with Crippen molar-refractivity contribution >= 4 is 0 Å². The van der Waals surface area contributed by atoms with Gasteiger partial charge in [0.1, 0.15) is 0 Å². The van der Waals surface area contributed by atoms with Gasteiger partial charge in [0.25, 0.3) is 0 Å². The molecular weight excluding hydrogens is 182 g/mol. The average molecular weight is 197 g/mol. The average Bonchev–Trinajstić information content (AvgIpc) is 1.80. The SMILES string of the molecule is OC(O)CN(CC(O)O)CC(O)O. The first-order chi connectivity index (χ1) is 5.91. The molecule has 0 atom stereocenters. The van der Waals surface area contributed by atoms with Crippen LogP contribution in [0, 0.1) is 0 Å². The third-order valence-corrected chi connectivity index (χ3v) is 1.26. The molecule has 0 aliphatic carbocycles. The minimum absolute atomic E-state index is 0.282. The molecule has 80 valence electrons. The van der Waals surface area contributed by atoms with Gasteiger partial charge in [-0.05, 0) is 0 Å². The van der Waals surface area contributed by atoms with Crippen LogP contribution in [0.25, 0.3) is 0 Å². The number of aliphatic hydroxyl groups excluding tert-OH is 3. The van der Waals surface area contributed by atoms with Gasteiger partial charge in [0.05, 0.1) is 0 Å². The van der Waals surface area contributed by atoms with Gasteiger partial charge >= 0.3 is 0 Å². The van der Waals surface area contributed by atoms with Gasteiger partial charge < -0.3 is 30.6 Å². The van der Waals surface area contributed by atoms with Crippen LogP contribution in [-0.2, 0) is 0 Å². The summed E-state index contributed by atoms with van der Waals surface area (Å²) in [7, 11) is 0. The molecule has 0 saturated heterocycles. The van der Waals surface area contributed by atoms with Crippen LogP contribution in [0.15, 0.2) is 0 Å². The van der Waals surface area contributed by atoms with Crippen LogP contribution >= 0.6 is 0 Å². The lowest BCUT2D eigenvalue weighted by molar-refractivity contribution is -0.121. The molecule has 0 aromatic heterocycles. The fraction of sp³-hybridized carbons (Fsp3) is 1.00. The number of rotatable bonds is 6. The smallest absolute Gasteiger partial charge is 0.164 e. The fourth-order valence-corrected chi connectivity index (χ4v) is 0.916. The molecule has 0 aliphatic heterocycles. The second-order valence-electron chi connectivity index (χ2n) is 2.66. The Kier molecular flexibility index (Phi) is 6.08. The van der Waals surface area contributed by atoms with E-state index in [1.54, 1.807) is 0 Å². The third kappa shape index (κ3) is 8.06. The van der Waals surface area contributed by atoms with Gasteiger partial charge in [0, 0.05) is 19.6 Å². The number of aliphatic hydroxyl groups is 6. The highest BCUT2D eigenvalue weighted by molar-refractivity contribution is 4.60. The second kappa shape index (κ2) is 6.22. The first-order valence-electron chi connectivity index (χ1n) is 3.72. The Hall–Kier alpha value is -0.280. The maximum Gasteiger partial charge on any atom is 0.164 e. The number of hydrogen-bond donors (Lipinski definition) is 6. The van der Waals surface area contributed by atoms with E-state index in [0.29, 0.717) is 0 Å². The quantitative estimate of drug-likeness (QED) is 0.241. The van der Waals surface area contributed by atoms with Crippen LogP contribution in [-0.4, -0.2) is 74.0 Å². The van der Waals surface area contributed by atoms with Crippen molar-refractivity contribution in [3.63, 3.8) is 0 Å². The monoisotopic (exact) mass is 197 g/mol. The molecule has 0 aliphatic rings. The Morgan fingerprint density at radius 1 is 0.615 bits per heavy atom. The highest BCUT2D eigenvalue weighted by atomic mass is 16.5. The Labute approximate surface area is 75.1 Å². The minimum atomic E-state index is -1.66. The van der Waals surface area contributed by atoms with Gasteiger partial charge in [0.2, 0.25) is 0 Å². The van der Waals surface area contributed by atoms with Crippen LogP contribution < -0.4 is 0 Å². The van der Waals surface area contributed by atoms with Crippen LogP contribution in [0.2, 0.25) is 0 Å². The number of nitrogens with zero attached hydrogens (tertiary/aromatic N) is 1. The minimum Gasteiger partial charge on any atom is -0.367 e. The summed E-state index contributed by atoms with van der Waals surface area (Å²) in [5.41, 5.74) is 0. The van der Waals surface area contributed by atoms with Crippen molar-refractivity contribution in [3.05, 3.63) is 0 Å². The van der Waals surface area contributed by atoms with E-state index in [9.17, 15) is 0 Å². The van der Waals surface area contributed by atoms with Gasteiger partial charge in [0.15, 0.2) is 18.9 Å². The van der Waals surface area contributed by atoms with E-state index in [1.807, 2.05) is 0 Å². The molecule has 0 bridgehead atoms. The highest BCUT2D eigenvalue weighted by Crippen LogP contribution is 1.94. The lowest BCUT2D eigenvalue weighted by Gasteiger charge is -2.24. The maximum absolute atomic E-state index is 8.54. The first-order valence-corrected chi connectivity index (χ1v) is 3.72. The summed E-state index contributed by atoms with van der Waals surface area (Å²) in [5.74, 6) is 0. The molecule has 13 heavy (non-hydrogen) atoms. The highest BCUT2D eigenvalue weighted by Gasteiger charge is 2.14. The Morgan fingerprint density at radius 2 is 0.846 bits per heavy atom. The largest absolute Gasteiger partial charge is 0.367 e. The Bertz CT molecular complexity index is 105. The van der Waals surface area contributed by atoms with Gasteiger partial charge in [-0.2, -0.15) is 0 Å². The molecule has 7 heteroatoms. The predicted molar refractivity (Wildman–Crippen MR) is 41.1 cm³/mol. The molecule has 7 nitrogen and oxygen atoms in total. The first kappa shape index (κ1) is 12.7. The van der Waals surface area contributed by atoms with Crippen molar-refractivity contribution in [3.8, 4) is 0 Å². The zero-order valence-electron chi connectivity index (χ0n) is 6.98. The van der Waals surface area contributed by atoms with E-state index in [-0.39, 0.29) is 19.6 Å². The summed E-state index contributed by atoms with van der Waals surface area (Å²) >= 11 is 0. The standard InChI is InChI=1S/C6H15NO6/c8-4(9)1-7(2-5(10)11)3-6(12)13/h4-6,8-13H,1-3H2. The van der Waals surface area contributed by atoms with Crippen molar-refractivity contribution in [2.75, 3.05) is 19.6 Å².